The molecule has 0 saturated carbocycles. The average Bonchev–Trinajstić information content (AvgIpc) is 2.43. The second-order valence-electron chi connectivity index (χ2n) is 6.30. The molecule has 0 radical (unpaired) electrons. The predicted molar refractivity (Wildman–Crippen MR) is 93.6 cm³/mol. The van der Waals surface area contributed by atoms with Gasteiger partial charge in [-0.15, -0.1) is 0 Å². The summed E-state index contributed by atoms with van der Waals surface area (Å²) in [6, 6.07) is 2.99. The maximum absolute atomic E-state index is 13.3. The van der Waals surface area contributed by atoms with E-state index < -0.39 is 23.8 Å². The maximum atomic E-state index is 13.3. The Balaban J connectivity index is 2.58. The van der Waals surface area contributed by atoms with Crippen LogP contribution < -0.4 is 4.74 Å². The molecule has 1 aromatic carbocycles. The van der Waals surface area contributed by atoms with Crippen molar-refractivity contribution in [3.05, 3.63) is 33.9 Å². The van der Waals surface area contributed by atoms with Gasteiger partial charge in [-0.1, -0.05) is 32.4 Å². The molecule has 2 rings (SSSR count). The molecule has 0 aromatic heterocycles. The number of fused-ring (bicyclic) bond motifs is 1. The van der Waals surface area contributed by atoms with Crippen LogP contribution in [-0.2, 0) is 14.9 Å². The van der Waals surface area contributed by atoms with E-state index in [0.29, 0.717) is 16.1 Å². The van der Waals surface area contributed by atoms with Crippen LogP contribution in [0.1, 0.15) is 31.9 Å². The average molecular weight is 475 g/mol. The number of halogens is 5. The number of benzene rings is 1. The van der Waals surface area contributed by atoms with Crippen LogP contribution >= 0.6 is 34.2 Å². The minimum absolute atomic E-state index is 0.0395. The number of rotatable bonds is 2. The number of carbonyl (C=O) groups is 1. The first-order valence-electron chi connectivity index (χ1n) is 6.97. The first-order valence-corrected chi connectivity index (χ1v) is 8.87. The summed E-state index contributed by atoms with van der Waals surface area (Å²) in [4.78, 5) is 11.9. The molecule has 1 aliphatic rings. The Morgan fingerprint density at radius 1 is 1.33 bits per heavy atom. The fraction of sp³-hybridized carbons (Fsp3) is 0.438. The van der Waals surface area contributed by atoms with Crippen LogP contribution in [0.4, 0.5) is 13.2 Å². The van der Waals surface area contributed by atoms with Crippen LogP contribution in [-0.4, -0.2) is 22.9 Å². The molecule has 0 saturated heterocycles. The predicted octanol–water partition coefficient (Wildman–Crippen LogP) is 5.28. The smallest absolute Gasteiger partial charge is 0.430 e. The Morgan fingerprint density at radius 2 is 1.96 bits per heavy atom. The van der Waals surface area contributed by atoms with E-state index in [-0.39, 0.29) is 15.8 Å². The van der Waals surface area contributed by atoms with E-state index in [1.54, 1.807) is 22.6 Å². The van der Waals surface area contributed by atoms with Crippen molar-refractivity contribution in [2.45, 2.75) is 38.5 Å². The molecule has 132 valence electrons. The highest BCUT2D eigenvalue weighted by molar-refractivity contribution is 14.1. The minimum atomic E-state index is -4.74. The van der Waals surface area contributed by atoms with Gasteiger partial charge in [0.25, 0.3) is 0 Å². The van der Waals surface area contributed by atoms with Crippen LogP contribution in [0.2, 0.25) is 5.02 Å². The summed E-state index contributed by atoms with van der Waals surface area (Å²) >= 11 is 7.97. The van der Waals surface area contributed by atoms with Crippen molar-refractivity contribution in [2.24, 2.45) is 0 Å². The number of hydrogen-bond acceptors (Lipinski definition) is 3. The van der Waals surface area contributed by atoms with E-state index in [1.165, 1.54) is 12.1 Å². The van der Waals surface area contributed by atoms with Crippen LogP contribution in [0.25, 0.3) is 6.08 Å². The fourth-order valence-electron chi connectivity index (χ4n) is 2.33. The molecule has 1 atom stereocenters. The summed E-state index contributed by atoms with van der Waals surface area (Å²) in [6.45, 7) is 5.68. The molecule has 0 amide bonds. The van der Waals surface area contributed by atoms with Gasteiger partial charge >= 0.3 is 12.1 Å². The Bertz CT molecular complexity index is 693. The van der Waals surface area contributed by atoms with Gasteiger partial charge in [0.1, 0.15) is 10.4 Å². The van der Waals surface area contributed by atoms with Gasteiger partial charge < -0.3 is 9.47 Å². The fourth-order valence-corrected chi connectivity index (χ4v) is 3.07. The molecule has 0 fully saturated rings. The molecule has 3 nitrogen and oxygen atoms in total. The summed E-state index contributed by atoms with van der Waals surface area (Å²) in [5.41, 5.74) is 0.0172. The monoisotopic (exact) mass is 474 g/mol. The van der Waals surface area contributed by atoms with Gasteiger partial charge in [0.05, 0.1) is 5.57 Å². The van der Waals surface area contributed by atoms with Crippen LogP contribution in [0.5, 0.6) is 5.75 Å². The highest BCUT2D eigenvalue weighted by Gasteiger charge is 2.49. The van der Waals surface area contributed by atoms with E-state index in [4.69, 9.17) is 21.1 Å². The number of hydrogen-bond donors (Lipinski definition) is 0. The van der Waals surface area contributed by atoms with Gasteiger partial charge in [0.15, 0.2) is 0 Å². The topological polar surface area (TPSA) is 35.5 Å². The minimum Gasteiger partial charge on any atom is -0.475 e. The number of alkyl halides is 4. The first kappa shape index (κ1) is 19.4. The van der Waals surface area contributed by atoms with Crippen molar-refractivity contribution in [1.82, 2.24) is 0 Å². The Morgan fingerprint density at radius 3 is 2.46 bits per heavy atom. The molecule has 1 unspecified atom stereocenters. The molecule has 8 heteroatoms. The van der Waals surface area contributed by atoms with Crippen LogP contribution in [0.15, 0.2) is 17.7 Å². The zero-order valence-corrected chi connectivity index (χ0v) is 16.0. The van der Waals surface area contributed by atoms with Crippen molar-refractivity contribution < 1.29 is 27.4 Å². The van der Waals surface area contributed by atoms with Gasteiger partial charge in [0.2, 0.25) is 6.10 Å². The quantitative estimate of drug-likeness (QED) is 0.332. The van der Waals surface area contributed by atoms with E-state index in [0.717, 1.165) is 6.08 Å². The Labute approximate surface area is 156 Å². The lowest BCUT2D eigenvalue weighted by atomic mass is 9.85. The van der Waals surface area contributed by atoms with Crippen molar-refractivity contribution in [3.63, 3.8) is 0 Å². The van der Waals surface area contributed by atoms with Gasteiger partial charge in [0, 0.05) is 10.6 Å². The SMILES string of the molecule is CC(C)(C)c1cc2c(cc1Cl)C=C(C(=O)OCI)C(C(F)(F)F)O2. The Hall–Kier alpha value is -0.960. The van der Waals surface area contributed by atoms with E-state index in [1.807, 2.05) is 20.8 Å². The lowest BCUT2D eigenvalue weighted by molar-refractivity contribution is -0.187. The van der Waals surface area contributed by atoms with Crippen LogP contribution in [0, 0.1) is 0 Å². The third-order valence-corrected chi connectivity index (χ3v) is 4.09. The molecular weight excluding hydrogens is 460 g/mol. The van der Waals surface area contributed by atoms with Crippen molar-refractivity contribution >= 4 is 46.2 Å². The third kappa shape index (κ3) is 3.99. The standard InChI is InChI=1S/C16H15ClF3IO3/c1-15(2,3)10-6-12-8(5-11(10)17)4-9(14(22)23-7-21)13(24-12)16(18,19)20/h4-6,13H,7H2,1-3H3. The van der Waals surface area contributed by atoms with Gasteiger partial charge in [-0.05, 0) is 51.8 Å². The molecule has 0 spiro atoms. The van der Waals surface area contributed by atoms with E-state index in [2.05, 4.69) is 0 Å². The zero-order chi connectivity index (χ0) is 18.3. The molecule has 24 heavy (non-hydrogen) atoms. The van der Waals surface area contributed by atoms with Gasteiger partial charge in [-0.3, -0.25) is 0 Å². The van der Waals surface area contributed by atoms with Crippen molar-refractivity contribution in [3.8, 4) is 5.75 Å². The summed E-state index contributed by atoms with van der Waals surface area (Å²) in [5.74, 6) is -1.02. The second-order valence-corrected chi connectivity index (χ2v) is 7.33. The van der Waals surface area contributed by atoms with Crippen LogP contribution in [0.3, 0.4) is 0 Å². The highest BCUT2D eigenvalue weighted by atomic mass is 127. The summed E-state index contributed by atoms with van der Waals surface area (Å²) in [6.07, 6.45) is -5.98. The van der Waals surface area contributed by atoms with Crippen molar-refractivity contribution in [1.29, 1.82) is 0 Å². The molecule has 1 aliphatic heterocycles. The lowest BCUT2D eigenvalue weighted by Crippen LogP contribution is -2.40. The number of carbonyl (C=O) groups excluding carboxylic acids is 1. The largest absolute Gasteiger partial charge is 0.475 e. The summed E-state index contributed by atoms with van der Waals surface area (Å²) < 4.78 is 49.6. The maximum Gasteiger partial charge on any atom is 0.430 e. The summed E-state index contributed by atoms with van der Waals surface area (Å²) in [5, 5.41) is 0.396. The third-order valence-electron chi connectivity index (χ3n) is 3.46. The van der Waals surface area contributed by atoms with E-state index in [9.17, 15) is 18.0 Å². The first-order chi connectivity index (χ1) is 10.9. The highest BCUT2D eigenvalue weighted by Crippen LogP contribution is 2.42. The van der Waals surface area contributed by atoms with Gasteiger partial charge in [-0.25, -0.2) is 4.79 Å². The molecule has 0 aliphatic carbocycles. The summed E-state index contributed by atoms with van der Waals surface area (Å²) in [7, 11) is 0. The lowest BCUT2D eigenvalue weighted by Gasteiger charge is -2.30. The second kappa shape index (κ2) is 6.74. The molecular formula is C16H15ClF3IO3. The zero-order valence-electron chi connectivity index (χ0n) is 13.1. The number of esters is 1. The molecule has 1 aromatic rings. The van der Waals surface area contributed by atoms with Gasteiger partial charge in [-0.2, -0.15) is 13.2 Å². The molecule has 0 bridgehead atoms. The van der Waals surface area contributed by atoms with Crippen molar-refractivity contribution in [2.75, 3.05) is 4.61 Å². The Kier molecular flexibility index (Phi) is 5.44. The normalized spacial score (nSPS) is 17.7. The molecule has 1 heterocycles. The van der Waals surface area contributed by atoms with E-state index >= 15 is 0 Å². The molecule has 0 N–H and O–H groups in total. The number of ether oxygens (including phenoxy) is 2.